The Hall–Kier alpha value is -0.480. The van der Waals surface area contributed by atoms with Crippen LogP contribution < -0.4 is 5.32 Å². The van der Waals surface area contributed by atoms with Gasteiger partial charge in [-0.1, -0.05) is 0 Å². The van der Waals surface area contributed by atoms with Gasteiger partial charge in [-0.3, -0.25) is 0 Å². The monoisotopic (exact) mass is 340 g/mol. The molecule has 0 saturated heterocycles. The maximum atomic E-state index is 12.3. The Labute approximate surface area is 124 Å². The lowest BCUT2D eigenvalue weighted by Crippen LogP contribution is -2.31. The van der Waals surface area contributed by atoms with Gasteiger partial charge >= 0.3 is 0 Å². The normalized spacial score (nSPS) is 13.1. The molecule has 1 N–H and O–H groups in total. The van der Waals surface area contributed by atoms with Crippen LogP contribution in [0.15, 0.2) is 10.3 Å². The Morgan fingerprint density at radius 2 is 1.90 bits per heavy atom. The van der Waals surface area contributed by atoms with E-state index >= 15 is 0 Å². The predicted octanol–water partition coefficient (Wildman–Crippen LogP) is 0.441. The van der Waals surface area contributed by atoms with Gasteiger partial charge in [-0.2, -0.15) is 4.31 Å². The molecule has 0 spiro atoms. The average Bonchev–Trinajstić information content (AvgIpc) is 2.68. The molecule has 0 bridgehead atoms. The maximum Gasteiger partial charge on any atom is 0.252 e. The van der Waals surface area contributed by atoms with Crippen molar-refractivity contribution in [2.24, 2.45) is 0 Å². The molecule has 0 fully saturated rings. The van der Waals surface area contributed by atoms with Crippen LogP contribution in [0.3, 0.4) is 0 Å². The Morgan fingerprint density at radius 1 is 1.30 bits per heavy atom. The van der Waals surface area contributed by atoms with Crippen molar-refractivity contribution in [1.29, 1.82) is 0 Å². The zero-order valence-electron chi connectivity index (χ0n) is 12.0. The van der Waals surface area contributed by atoms with Gasteiger partial charge in [0.15, 0.2) is 0 Å². The fourth-order valence-electron chi connectivity index (χ4n) is 1.52. The standard InChI is InChI=1S/C11H20N2O4S3/c1-9-7-11(18-10(9)8-12-2)20(16,17)13(3)5-6-19(4,14)15/h7,12H,5-6,8H2,1-4H3. The summed E-state index contributed by atoms with van der Waals surface area (Å²) in [5, 5.41) is 2.99. The van der Waals surface area contributed by atoms with Crippen molar-refractivity contribution >= 4 is 31.2 Å². The van der Waals surface area contributed by atoms with E-state index in [0.29, 0.717) is 6.54 Å². The van der Waals surface area contributed by atoms with E-state index in [9.17, 15) is 16.8 Å². The van der Waals surface area contributed by atoms with Crippen LogP contribution in [0.5, 0.6) is 0 Å². The summed E-state index contributed by atoms with van der Waals surface area (Å²) in [6.45, 7) is 2.43. The van der Waals surface area contributed by atoms with E-state index in [1.165, 1.54) is 18.4 Å². The molecule has 1 aromatic rings. The van der Waals surface area contributed by atoms with Crippen LogP contribution in [-0.2, 0) is 26.4 Å². The smallest absolute Gasteiger partial charge is 0.252 e. The van der Waals surface area contributed by atoms with E-state index in [0.717, 1.165) is 21.0 Å². The quantitative estimate of drug-likeness (QED) is 0.779. The lowest BCUT2D eigenvalue weighted by atomic mass is 10.3. The van der Waals surface area contributed by atoms with Crippen molar-refractivity contribution in [2.75, 3.05) is 32.6 Å². The highest BCUT2D eigenvalue weighted by Gasteiger charge is 2.24. The van der Waals surface area contributed by atoms with Gasteiger partial charge in [0.05, 0.1) is 5.75 Å². The van der Waals surface area contributed by atoms with Gasteiger partial charge in [0.2, 0.25) is 0 Å². The van der Waals surface area contributed by atoms with Crippen molar-refractivity contribution in [3.05, 3.63) is 16.5 Å². The van der Waals surface area contributed by atoms with Gasteiger partial charge in [-0.25, -0.2) is 16.8 Å². The molecule has 116 valence electrons. The van der Waals surface area contributed by atoms with Gasteiger partial charge in [-0.05, 0) is 25.6 Å². The summed E-state index contributed by atoms with van der Waals surface area (Å²) in [5.41, 5.74) is 0.916. The van der Waals surface area contributed by atoms with Crippen LogP contribution in [0.4, 0.5) is 0 Å². The summed E-state index contributed by atoms with van der Waals surface area (Å²) in [6.07, 6.45) is 1.09. The lowest BCUT2D eigenvalue weighted by Gasteiger charge is -2.15. The summed E-state index contributed by atoms with van der Waals surface area (Å²) in [6, 6.07) is 1.63. The summed E-state index contributed by atoms with van der Waals surface area (Å²) in [7, 11) is -3.61. The first kappa shape index (κ1) is 17.6. The third-order valence-electron chi connectivity index (χ3n) is 2.78. The third kappa shape index (κ3) is 4.52. The minimum Gasteiger partial charge on any atom is -0.315 e. The minimum absolute atomic E-state index is 0.0422. The Balaban J connectivity index is 2.95. The Kier molecular flexibility index (Phi) is 5.73. The number of sulfonamides is 1. The SMILES string of the molecule is CNCc1sc(S(=O)(=O)N(C)CCS(C)(=O)=O)cc1C. The van der Waals surface area contributed by atoms with Crippen LogP contribution in [0.25, 0.3) is 0 Å². The third-order valence-corrected chi connectivity index (χ3v) is 7.24. The zero-order chi connectivity index (χ0) is 15.6. The molecule has 1 heterocycles. The van der Waals surface area contributed by atoms with E-state index < -0.39 is 19.9 Å². The van der Waals surface area contributed by atoms with E-state index in [1.807, 2.05) is 6.92 Å². The molecule has 0 unspecified atom stereocenters. The first-order valence-electron chi connectivity index (χ1n) is 5.96. The molecule has 9 heteroatoms. The Morgan fingerprint density at radius 3 is 2.40 bits per heavy atom. The lowest BCUT2D eigenvalue weighted by molar-refractivity contribution is 0.486. The molecule has 0 saturated carbocycles. The highest BCUT2D eigenvalue weighted by Crippen LogP contribution is 2.27. The molecule has 6 nitrogen and oxygen atoms in total. The summed E-state index contributed by atoms with van der Waals surface area (Å²) in [4.78, 5) is 0.961. The largest absolute Gasteiger partial charge is 0.315 e. The maximum absolute atomic E-state index is 12.3. The zero-order valence-corrected chi connectivity index (χ0v) is 14.5. The van der Waals surface area contributed by atoms with Crippen LogP contribution in [0.1, 0.15) is 10.4 Å². The molecule has 0 aliphatic heterocycles. The number of hydrogen-bond donors (Lipinski definition) is 1. The molecule has 0 radical (unpaired) electrons. The first-order valence-corrected chi connectivity index (χ1v) is 10.3. The number of aryl methyl sites for hydroxylation is 1. The summed E-state index contributed by atoms with van der Waals surface area (Å²) in [5.74, 6) is -0.184. The molecule has 0 aliphatic carbocycles. The molecular formula is C11H20N2O4S3. The van der Waals surface area contributed by atoms with E-state index in [4.69, 9.17) is 0 Å². The van der Waals surface area contributed by atoms with Gasteiger partial charge in [0.1, 0.15) is 14.0 Å². The molecule has 1 aromatic heterocycles. The van der Waals surface area contributed by atoms with Crippen LogP contribution in [0.2, 0.25) is 0 Å². The average molecular weight is 340 g/mol. The highest BCUT2D eigenvalue weighted by atomic mass is 32.2. The van der Waals surface area contributed by atoms with Gasteiger partial charge in [0.25, 0.3) is 10.0 Å². The molecule has 0 aromatic carbocycles. The number of hydrogen-bond acceptors (Lipinski definition) is 6. The van der Waals surface area contributed by atoms with E-state index in [1.54, 1.807) is 13.1 Å². The van der Waals surface area contributed by atoms with Gasteiger partial charge in [-0.15, -0.1) is 11.3 Å². The van der Waals surface area contributed by atoms with Crippen molar-refractivity contribution in [2.45, 2.75) is 17.7 Å². The molecule has 20 heavy (non-hydrogen) atoms. The van der Waals surface area contributed by atoms with Crippen LogP contribution >= 0.6 is 11.3 Å². The topological polar surface area (TPSA) is 83.6 Å². The highest BCUT2D eigenvalue weighted by molar-refractivity contribution is 7.91. The van der Waals surface area contributed by atoms with Crippen molar-refractivity contribution < 1.29 is 16.8 Å². The molecule has 0 aliphatic rings. The number of nitrogens with zero attached hydrogens (tertiary/aromatic N) is 1. The predicted molar refractivity (Wildman–Crippen MR) is 81.3 cm³/mol. The molecule has 0 amide bonds. The fourth-order valence-corrected chi connectivity index (χ4v) is 5.23. The van der Waals surface area contributed by atoms with Crippen molar-refractivity contribution in [1.82, 2.24) is 9.62 Å². The fraction of sp³-hybridized carbons (Fsp3) is 0.636. The van der Waals surface area contributed by atoms with Gasteiger partial charge < -0.3 is 5.32 Å². The second-order valence-electron chi connectivity index (χ2n) is 4.66. The van der Waals surface area contributed by atoms with Crippen LogP contribution in [-0.4, -0.2) is 53.8 Å². The number of sulfone groups is 1. The molecule has 0 atom stereocenters. The molecular weight excluding hydrogens is 320 g/mol. The van der Waals surface area contributed by atoms with Crippen LogP contribution in [0, 0.1) is 6.92 Å². The van der Waals surface area contributed by atoms with E-state index in [2.05, 4.69) is 5.32 Å². The van der Waals surface area contributed by atoms with Crippen molar-refractivity contribution in [3.63, 3.8) is 0 Å². The number of nitrogens with one attached hydrogen (secondary N) is 1. The Bertz CT molecular complexity index is 662. The second-order valence-corrected chi connectivity index (χ2v) is 10.3. The number of thiophene rings is 1. The minimum atomic E-state index is -3.62. The van der Waals surface area contributed by atoms with E-state index in [-0.39, 0.29) is 16.5 Å². The van der Waals surface area contributed by atoms with Gasteiger partial charge in [0, 0.05) is 31.3 Å². The molecule has 1 rings (SSSR count). The first-order chi connectivity index (χ1) is 9.08. The second kappa shape index (κ2) is 6.52. The summed E-state index contributed by atoms with van der Waals surface area (Å²) < 4.78 is 48.2. The summed E-state index contributed by atoms with van der Waals surface area (Å²) >= 11 is 1.21. The number of rotatable bonds is 7. The van der Waals surface area contributed by atoms with Crippen molar-refractivity contribution in [3.8, 4) is 0 Å².